The Kier molecular flexibility index (Phi) is 6.09. The zero-order valence-corrected chi connectivity index (χ0v) is 18.1. The summed E-state index contributed by atoms with van der Waals surface area (Å²) in [5.74, 6) is 1.40. The van der Waals surface area contributed by atoms with Crippen LogP contribution in [0.2, 0.25) is 0 Å². The van der Waals surface area contributed by atoms with E-state index in [2.05, 4.69) is 31.2 Å². The van der Waals surface area contributed by atoms with Gasteiger partial charge in [-0.2, -0.15) is 0 Å². The molecule has 0 unspecified atom stereocenters. The first-order chi connectivity index (χ1) is 14.6. The largest absolute Gasteiger partial charge is 0.490 e. The van der Waals surface area contributed by atoms with Crippen molar-refractivity contribution >= 4 is 32.7 Å². The monoisotopic (exact) mass is 467 g/mol. The molecule has 4 rings (SSSR count). The Labute approximate surface area is 182 Å². The summed E-state index contributed by atoms with van der Waals surface area (Å²) in [5.41, 5.74) is 4.38. The molecule has 1 aromatic heterocycles. The Bertz CT molecular complexity index is 1200. The van der Waals surface area contributed by atoms with E-state index in [-0.39, 0.29) is 5.69 Å². The predicted molar refractivity (Wildman–Crippen MR) is 122 cm³/mol. The van der Waals surface area contributed by atoms with E-state index in [1.165, 1.54) is 0 Å². The van der Waals surface area contributed by atoms with Gasteiger partial charge in [-0.05, 0) is 48.4 Å². The zero-order chi connectivity index (χ0) is 20.9. The van der Waals surface area contributed by atoms with E-state index in [0.717, 1.165) is 32.3 Å². The maximum Gasteiger partial charge on any atom is 0.323 e. The topological polar surface area (TPSA) is 79.1 Å². The molecule has 3 N–H and O–H groups in total. The summed E-state index contributed by atoms with van der Waals surface area (Å²) in [7, 11) is 0. The van der Waals surface area contributed by atoms with Crippen molar-refractivity contribution in [2.45, 2.75) is 20.1 Å². The number of hydrogen-bond acceptors (Lipinski definition) is 4. The fourth-order valence-electron chi connectivity index (χ4n) is 3.17. The van der Waals surface area contributed by atoms with Crippen molar-refractivity contribution in [3.8, 4) is 11.5 Å². The second-order valence-corrected chi connectivity index (χ2v) is 7.65. The number of fused-ring (bicyclic) bond motifs is 1. The first-order valence-corrected chi connectivity index (χ1v) is 10.5. The molecule has 4 aromatic rings. The average Bonchev–Trinajstić information content (AvgIpc) is 3.13. The third kappa shape index (κ3) is 4.68. The van der Waals surface area contributed by atoms with Crippen molar-refractivity contribution in [1.29, 1.82) is 0 Å². The molecule has 30 heavy (non-hydrogen) atoms. The third-order valence-electron chi connectivity index (χ3n) is 4.65. The number of rotatable bonds is 8. The number of halogens is 1. The fourth-order valence-corrected chi connectivity index (χ4v) is 3.63. The lowest BCUT2D eigenvalue weighted by Gasteiger charge is -2.16. The minimum atomic E-state index is -0.211. The highest BCUT2D eigenvalue weighted by Gasteiger charge is 2.12. The van der Waals surface area contributed by atoms with E-state index in [4.69, 9.17) is 9.47 Å². The maximum absolute atomic E-state index is 11.4. The van der Waals surface area contributed by atoms with Crippen LogP contribution in [-0.4, -0.2) is 16.6 Å². The van der Waals surface area contributed by atoms with Crippen molar-refractivity contribution < 1.29 is 9.47 Å². The minimum Gasteiger partial charge on any atom is -0.490 e. The molecular formula is C23H22BrN3O3. The molecule has 0 aliphatic heterocycles. The van der Waals surface area contributed by atoms with Crippen LogP contribution in [0.4, 0.5) is 5.69 Å². The van der Waals surface area contributed by atoms with Crippen LogP contribution in [0, 0.1) is 0 Å². The highest BCUT2D eigenvalue weighted by Crippen LogP contribution is 2.35. The minimum absolute atomic E-state index is 0.211. The summed E-state index contributed by atoms with van der Waals surface area (Å²) >= 11 is 3.65. The van der Waals surface area contributed by atoms with Crippen LogP contribution in [0.15, 0.2) is 69.9 Å². The van der Waals surface area contributed by atoms with Gasteiger partial charge in [-0.25, -0.2) is 4.79 Å². The molecular weight excluding hydrogens is 446 g/mol. The molecule has 0 spiro atoms. The Hall–Kier alpha value is -3.19. The first kappa shape index (κ1) is 20.1. The van der Waals surface area contributed by atoms with Crippen LogP contribution < -0.4 is 20.5 Å². The van der Waals surface area contributed by atoms with Crippen molar-refractivity contribution in [2.75, 3.05) is 11.9 Å². The summed E-state index contributed by atoms with van der Waals surface area (Å²) in [4.78, 5) is 17.0. The molecule has 6 nitrogen and oxygen atoms in total. The van der Waals surface area contributed by atoms with E-state index >= 15 is 0 Å². The number of imidazole rings is 1. The SMILES string of the molecule is CCOc1cc(CNc2ccc3[nH]c(=O)[nH]c3c2)c(Br)cc1OCc1ccccc1. The number of hydrogen-bond donors (Lipinski definition) is 3. The number of aromatic amines is 2. The van der Waals surface area contributed by atoms with Crippen molar-refractivity contribution in [2.24, 2.45) is 0 Å². The summed E-state index contributed by atoms with van der Waals surface area (Å²) in [6, 6.07) is 19.7. The van der Waals surface area contributed by atoms with Crippen LogP contribution in [-0.2, 0) is 13.2 Å². The Morgan fingerprint density at radius 1 is 0.933 bits per heavy atom. The third-order valence-corrected chi connectivity index (χ3v) is 5.39. The molecule has 0 atom stereocenters. The molecule has 3 aromatic carbocycles. The van der Waals surface area contributed by atoms with Gasteiger partial charge in [0.1, 0.15) is 6.61 Å². The normalized spacial score (nSPS) is 10.9. The lowest BCUT2D eigenvalue weighted by Crippen LogP contribution is -2.04. The van der Waals surface area contributed by atoms with Gasteiger partial charge in [-0.15, -0.1) is 0 Å². The number of ether oxygens (including phenoxy) is 2. The summed E-state index contributed by atoms with van der Waals surface area (Å²) in [5, 5.41) is 3.39. The van der Waals surface area contributed by atoms with Gasteiger partial charge < -0.3 is 24.8 Å². The smallest absolute Gasteiger partial charge is 0.323 e. The van der Waals surface area contributed by atoms with Crippen molar-refractivity contribution in [3.63, 3.8) is 0 Å². The average molecular weight is 468 g/mol. The van der Waals surface area contributed by atoms with E-state index in [1.54, 1.807) is 0 Å². The van der Waals surface area contributed by atoms with Gasteiger partial charge in [-0.1, -0.05) is 46.3 Å². The van der Waals surface area contributed by atoms with Crippen LogP contribution >= 0.6 is 15.9 Å². The van der Waals surface area contributed by atoms with Gasteiger partial charge in [0.15, 0.2) is 11.5 Å². The lowest BCUT2D eigenvalue weighted by molar-refractivity contribution is 0.269. The van der Waals surface area contributed by atoms with Gasteiger partial charge >= 0.3 is 5.69 Å². The Morgan fingerprint density at radius 3 is 2.50 bits per heavy atom. The van der Waals surface area contributed by atoms with Crippen molar-refractivity contribution in [1.82, 2.24) is 9.97 Å². The van der Waals surface area contributed by atoms with Crippen molar-refractivity contribution in [3.05, 3.63) is 86.7 Å². The predicted octanol–water partition coefficient (Wildman–Crippen LogP) is 5.21. The highest BCUT2D eigenvalue weighted by atomic mass is 79.9. The van der Waals surface area contributed by atoms with Gasteiger partial charge in [0, 0.05) is 16.7 Å². The molecule has 0 aliphatic rings. The molecule has 0 saturated heterocycles. The molecule has 0 bridgehead atoms. The Balaban J connectivity index is 1.50. The molecule has 7 heteroatoms. The van der Waals surface area contributed by atoms with E-state index < -0.39 is 0 Å². The number of anilines is 1. The Morgan fingerprint density at radius 2 is 1.70 bits per heavy atom. The van der Waals surface area contributed by atoms with E-state index in [1.807, 2.05) is 67.6 Å². The van der Waals surface area contributed by atoms with Crippen LogP contribution in [0.5, 0.6) is 11.5 Å². The molecule has 0 radical (unpaired) electrons. The van der Waals surface area contributed by atoms with Crippen LogP contribution in [0.3, 0.4) is 0 Å². The second-order valence-electron chi connectivity index (χ2n) is 6.79. The van der Waals surface area contributed by atoms with E-state index in [0.29, 0.717) is 31.3 Å². The number of aromatic nitrogens is 2. The van der Waals surface area contributed by atoms with E-state index in [9.17, 15) is 4.79 Å². The quantitative estimate of drug-likeness (QED) is 0.332. The van der Waals surface area contributed by atoms with Gasteiger partial charge in [0.25, 0.3) is 0 Å². The standard InChI is InChI=1S/C23H22BrN3O3/c1-2-29-21-10-16(13-25-17-8-9-19-20(11-17)27-23(28)26-19)18(24)12-22(21)30-14-15-6-4-3-5-7-15/h3-12,25H,2,13-14H2,1H3,(H2,26,27,28). The zero-order valence-electron chi connectivity index (χ0n) is 16.5. The molecule has 0 saturated carbocycles. The second kappa shape index (κ2) is 9.09. The van der Waals surface area contributed by atoms with Gasteiger partial charge in [0.2, 0.25) is 0 Å². The summed E-state index contributed by atoms with van der Waals surface area (Å²) in [6.45, 7) is 3.56. The van der Waals surface area contributed by atoms with Crippen LogP contribution in [0.1, 0.15) is 18.1 Å². The van der Waals surface area contributed by atoms with Gasteiger partial charge in [-0.3, -0.25) is 0 Å². The summed E-state index contributed by atoms with van der Waals surface area (Å²) in [6.07, 6.45) is 0. The molecule has 0 aliphatic carbocycles. The summed E-state index contributed by atoms with van der Waals surface area (Å²) < 4.78 is 12.8. The van der Waals surface area contributed by atoms with Gasteiger partial charge in [0.05, 0.1) is 17.6 Å². The molecule has 0 amide bonds. The number of nitrogens with one attached hydrogen (secondary N) is 3. The number of H-pyrrole nitrogens is 2. The fraction of sp³-hybridized carbons (Fsp3) is 0.174. The molecule has 154 valence electrons. The molecule has 0 fully saturated rings. The first-order valence-electron chi connectivity index (χ1n) is 9.70. The van der Waals surface area contributed by atoms with Crippen LogP contribution in [0.25, 0.3) is 11.0 Å². The lowest BCUT2D eigenvalue weighted by atomic mass is 10.2. The number of benzene rings is 3. The maximum atomic E-state index is 11.4. The highest BCUT2D eigenvalue weighted by molar-refractivity contribution is 9.10. The molecule has 1 heterocycles.